The van der Waals surface area contributed by atoms with Crippen molar-refractivity contribution in [3.63, 3.8) is 0 Å². The van der Waals surface area contributed by atoms with Crippen LogP contribution >= 0.6 is 0 Å². The van der Waals surface area contributed by atoms with Crippen LogP contribution in [0.2, 0.25) is 0 Å². The summed E-state index contributed by atoms with van der Waals surface area (Å²) in [7, 11) is 0. The molecular weight excluding hydrogens is 653 g/mol. The molecule has 254 valence electrons. The average molecular weight is 696 g/mol. The van der Waals surface area contributed by atoms with E-state index in [-0.39, 0.29) is 34.5 Å². The SMILES string of the molecule is [2H]c1c([2H])c([2H])c2c([2H])c(-c3ccc(N(c4cccc(-c5ccccc5)c4)c4ccccc4-c4cccc5c4c4ccccc4n5-c4ccccc4)cc3)c([2H])c([2H])c2c1[2H]. The maximum atomic E-state index is 9.17. The minimum absolute atomic E-state index is 0.0675. The van der Waals surface area contributed by atoms with Gasteiger partial charge in [0.2, 0.25) is 0 Å². The fraction of sp³-hybridized carbons (Fsp3) is 0. The first-order valence-corrected chi connectivity index (χ1v) is 18.0. The molecule has 1 aromatic heterocycles. The quantitative estimate of drug-likeness (QED) is 0.161. The van der Waals surface area contributed by atoms with Crippen molar-refractivity contribution in [1.82, 2.24) is 4.57 Å². The molecule has 0 saturated carbocycles. The van der Waals surface area contributed by atoms with Gasteiger partial charge in [-0.2, -0.15) is 0 Å². The van der Waals surface area contributed by atoms with E-state index in [9.17, 15) is 1.37 Å². The van der Waals surface area contributed by atoms with Crippen LogP contribution in [0.3, 0.4) is 0 Å². The molecule has 0 atom stereocenters. The molecule has 9 aromatic carbocycles. The van der Waals surface area contributed by atoms with E-state index in [1.165, 1.54) is 0 Å². The lowest BCUT2D eigenvalue weighted by Crippen LogP contribution is -2.11. The predicted octanol–water partition coefficient (Wildman–Crippen LogP) is 14.4. The zero-order chi connectivity index (χ0) is 41.9. The summed E-state index contributed by atoms with van der Waals surface area (Å²) in [6, 6.07) is 57.4. The standard InChI is InChI=1S/C52H36N2/c1-3-15-37(16-4-1)41-19-13-22-45(36-41)53(44-33-31-39(32-34-44)42-30-29-38-17-7-8-18-40(38)35-42)49-26-11-9-23-46(49)47-25-14-28-51-52(47)48-24-10-12-27-50(48)54(51)43-20-5-2-6-21-43/h1-36H/i7D,8D,17D,18D,29D,30D,35D. The number of benzene rings is 9. The van der Waals surface area contributed by atoms with Gasteiger partial charge in [-0.25, -0.2) is 0 Å². The Morgan fingerprint density at radius 2 is 1.07 bits per heavy atom. The number of fused-ring (bicyclic) bond motifs is 4. The van der Waals surface area contributed by atoms with E-state index in [1.807, 2.05) is 54.6 Å². The Morgan fingerprint density at radius 3 is 1.93 bits per heavy atom. The summed E-state index contributed by atoms with van der Waals surface area (Å²) < 4.78 is 62.9. The monoisotopic (exact) mass is 695 g/mol. The van der Waals surface area contributed by atoms with Crippen molar-refractivity contribution in [3.8, 4) is 39.1 Å². The number of anilines is 3. The third kappa shape index (κ3) is 5.53. The minimum Gasteiger partial charge on any atom is -0.310 e. The fourth-order valence-corrected chi connectivity index (χ4v) is 7.58. The van der Waals surface area contributed by atoms with Crippen LogP contribution < -0.4 is 4.90 Å². The number of rotatable bonds is 7. The van der Waals surface area contributed by atoms with E-state index in [4.69, 9.17) is 8.22 Å². The highest BCUT2D eigenvalue weighted by molar-refractivity contribution is 6.17. The van der Waals surface area contributed by atoms with E-state index < -0.39 is 24.2 Å². The van der Waals surface area contributed by atoms with Gasteiger partial charge < -0.3 is 9.47 Å². The van der Waals surface area contributed by atoms with Gasteiger partial charge in [-0.1, -0.05) is 158 Å². The van der Waals surface area contributed by atoms with E-state index in [2.05, 4.69) is 131 Å². The first kappa shape index (κ1) is 24.9. The molecule has 0 aliphatic heterocycles. The lowest BCUT2D eigenvalue weighted by atomic mass is 9.96. The summed E-state index contributed by atoms with van der Waals surface area (Å²) in [5.74, 6) is 0. The molecule has 0 unspecified atom stereocenters. The topological polar surface area (TPSA) is 8.17 Å². The molecule has 0 fully saturated rings. The summed E-state index contributed by atoms with van der Waals surface area (Å²) in [5, 5.41) is 2.08. The highest BCUT2D eigenvalue weighted by Gasteiger charge is 2.21. The van der Waals surface area contributed by atoms with Crippen LogP contribution in [-0.4, -0.2) is 4.57 Å². The van der Waals surface area contributed by atoms with Crippen LogP contribution in [0.25, 0.3) is 71.6 Å². The third-order valence-corrected chi connectivity index (χ3v) is 10.0. The Morgan fingerprint density at radius 1 is 0.426 bits per heavy atom. The van der Waals surface area contributed by atoms with Crippen molar-refractivity contribution in [2.75, 3.05) is 4.90 Å². The molecule has 2 heteroatoms. The van der Waals surface area contributed by atoms with Crippen LogP contribution in [0.5, 0.6) is 0 Å². The molecule has 54 heavy (non-hydrogen) atoms. The summed E-state index contributed by atoms with van der Waals surface area (Å²) in [6.45, 7) is 0. The van der Waals surface area contributed by atoms with Gasteiger partial charge in [0.15, 0.2) is 0 Å². The van der Waals surface area contributed by atoms with Crippen molar-refractivity contribution in [1.29, 1.82) is 0 Å². The summed E-state index contributed by atoms with van der Waals surface area (Å²) >= 11 is 0. The molecule has 0 spiro atoms. The molecule has 10 rings (SSSR count). The van der Waals surface area contributed by atoms with Crippen LogP contribution in [0.4, 0.5) is 17.1 Å². The Balaban J connectivity index is 1.19. The Labute approximate surface area is 325 Å². The third-order valence-electron chi connectivity index (χ3n) is 10.0. The summed E-state index contributed by atoms with van der Waals surface area (Å²) in [4.78, 5) is 2.22. The van der Waals surface area contributed by atoms with Crippen LogP contribution in [0.15, 0.2) is 218 Å². The van der Waals surface area contributed by atoms with E-state index >= 15 is 0 Å². The van der Waals surface area contributed by atoms with Crippen LogP contribution in [-0.2, 0) is 0 Å². The lowest BCUT2D eigenvalue weighted by Gasteiger charge is -2.28. The summed E-state index contributed by atoms with van der Waals surface area (Å²) in [6.07, 6.45) is 0. The second-order valence-corrected chi connectivity index (χ2v) is 13.2. The average Bonchev–Trinajstić information content (AvgIpc) is 3.65. The Kier molecular flexibility index (Phi) is 6.20. The predicted molar refractivity (Wildman–Crippen MR) is 229 cm³/mol. The minimum atomic E-state index is -0.489. The van der Waals surface area contributed by atoms with Gasteiger partial charge in [0.05, 0.1) is 26.3 Å². The van der Waals surface area contributed by atoms with E-state index in [0.29, 0.717) is 5.56 Å². The van der Waals surface area contributed by atoms with Crippen LogP contribution in [0.1, 0.15) is 9.60 Å². The highest BCUT2D eigenvalue weighted by atomic mass is 15.1. The molecule has 0 N–H and O–H groups in total. The van der Waals surface area contributed by atoms with E-state index in [0.717, 1.165) is 66.8 Å². The molecule has 0 aliphatic rings. The molecule has 2 nitrogen and oxygen atoms in total. The smallest absolute Gasteiger partial charge is 0.0636 e. The Bertz CT molecular complexity index is 3330. The van der Waals surface area contributed by atoms with E-state index in [1.54, 1.807) is 0 Å². The molecule has 1 heterocycles. The van der Waals surface area contributed by atoms with Gasteiger partial charge in [0, 0.05) is 33.4 Å². The van der Waals surface area contributed by atoms with Gasteiger partial charge in [-0.15, -0.1) is 0 Å². The maximum absolute atomic E-state index is 9.17. The number of para-hydroxylation sites is 3. The highest BCUT2D eigenvalue weighted by Crippen LogP contribution is 2.46. The second-order valence-electron chi connectivity index (χ2n) is 13.2. The largest absolute Gasteiger partial charge is 0.310 e. The molecule has 10 aromatic rings. The number of hydrogen-bond acceptors (Lipinski definition) is 1. The molecule has 0 bridgehead atoms. The van der Waals surface area contributed by atoms with Gasteiger partial charge in [-0.05, 0) is 99.2 Å². The Hall–Kier alpha value is -7.16. The zero-order valence-corrected chi connectivity index (χ0v) is 29.1. The number of aromatic nitrogens is 1. The van der Waals surface area contributed by atoms with Gasteiger partial charge in [0.1, 0.15) is 0 Å². The van der Waals surface area contributed by atoms with Gasteiger partial charge in [-0.3, -0.25) is 0 Å². The molecule has 0 amide bonds. The van der Waals surface area contributed by atoms with Crippen molar-refractivity contribution >= 4 is 49.6 Å². The summed E-state index contributed by atoms with van der Waals surface area (Å²) in [5.41, 5.74) is 10.8. The van der Waals surface area contributed by atoms with Crippen molar-refractivity contribution in [2.45, 2.75) is 0 Å². The van der Waals surface area contributed by atoms with Crippen molar-refractivity contribution in [2.24, 2.45) is 0 Å². The first-order chi connectivity index (χ1) is 29.7. The maximum Gasteiger partial charge on any atom is 0.0636 e. The fourth-order valence-electron chi connectivity index (χ4n) is 7.58. The normalized spacial score (nSPS) is 13.1. The second kappa shape index (κ2) is 13.4. The lowest BCUT2D eigenvalue weighted by molar-refractivity contribution is 1.18. The first-order valence-electron chi connectivity index (χ1n) is 21.5. The van der Waals surface area contributed by atoms with Crippen molar-refractivity contribution in [3.05, 3.63) is 218 Å². The number of hydrogen-bond donors (Lipinski definition) is 0. The molecule has 0 aliphatic carbocycles. The zero-order valence-electron chi connectivity index (χ0n) is 36.1. The van der Waals surface area contributed by atoms with Gasteiger partial charge >= 0.3 is 0 Å². The van der Waals surface area contributed by atoms with Gasteiger partial charge in [0.25, 0.3) is 0 Å². The van der Waals surface area contributed by atoms with Crippen LogP contribution in [0, 0.1) is 0 Å². The molecule has 0 saturated heterocycles. The molecule has 0 radical (unpaired) electrons. The number of nitrogens with zero attached hydrogens (tertiary/aromatic N) is 2. The van der Waals surface area contributed by atoms with Crippen molar-refractivity contribution < 1.29 is 9.60 Å². The molecular formula is C52H36N2.